The van der Waals surface area contributed by atoms with Crippen LogP contribution in [-0.2, 0) is 9.84 Å². The van der Waals surface area contributed by atoms with Crippen molar-refractivity contribution in [1.82, 2.24) is 4.98 Å². The molecule has 7 heteroatoms. The molecule has 1 heterocycles. The van der Waals surface area contributed by atoms with Crippen molar-refractivity contribution in [2.24, 2.45) is 0 Å². The second-order valence-electron chi connectivity index (χ2n) is 4.20. The number of nitrogens with zero attached hydrogens (tertiary/aromatic N) is 1. The van der Waals surface area contributed by atoms with E-state index < -0.39 is 21.7 Å². The number of aromatic nitrogens is 1. The maximum atomic E-state index is 13.5. The van der Waals surface area contributed by atoms with E-state index in [9.17, 15) is 17.6 Å². The molecule has 1 N–H and O–H groups in total. The van der Waals surface area contributed by atoms with Gasteiger partial charge in [-0.25, -0.2) is 13.4 Å². The molecule has 0 saturated heterocycles. The maximum absolute atomic E-state index is 13.5. The Hall–Kier alpha value is -2.28. The number of benzene rings is 1. The van der Waals surface area contributed by atoms with E-state index in [0.717, 1.165) is 0 Å². The number of amides is 1. The smallest absolute Gasteiger partial charge is 0.260 e. The van der Waals surface area contributed by atoms with Crippen LogP contribution in [-0.4, -0.2) is 25.1 Å². The highest BCUT2D eigenvalue weighted by Crippen LogP contribution is 2.22. The molecule has 110 valence electrons. The summed E-state index contributed by atoms with van der Waals surface area (Å²) in [6.45, 7) is 1.51. The first kappa shape index (κ1) is 15.1. The summed E-state index contributed by atoms with van der Waals surface area (Å²) < 4.78 is 37.4. The molecule has 5 nitrogen and oxygen atoms in total. The third kappa shape index (κ3) is 3.25. The Kier molecular flexibility index (Phi) is 4.32. The van der Waals surface area contributed by atoms with Gasteiger partial charge in [-0.2, -0.15) is 4.39 Å². The summed E-state index contributed by atoms with van der Waals surface area (Å²) >= 11 is 0. The fraction of sp³-hybridized carbons (Fsp3) is 0.143. The monoisotopic (exact) mass is 308 g/mol. The summed E-state index contributed by atoms with van der Waals surface area (Å²) in [4.78, 5) is 15.4. The summed E-state index contributed by atoms with van der Waals surface area (Å²) in [6.07, 6.45) is 1.22. The SMILES string of the molecule is CCS(=O)(=O)c1ccccc1NC(=O)c1cccnc1F. The Morgan fingerprint density at radius 2 is 1.95 bits per heavy atom. The van der Waals surface area contributed by atoms with Crippen LogP contribution in [0.5, 0.6) is 0 Å². The van der Waals surface area contributed by atoms with E-state index in [0.29, 0.717) is 0 Å². The maximum Gasteiger partial charge on any atom is 0.260 e. The molecule has 1 aromatic heterocycles. The summed E-state index contributed by atoms with van der Waals surface area (Å²) in [7, 11) is -3.49. The Labute approximate surface area is 121 Å². The van der Waals surface area contributed by atoms with E-state index in [4.69, 9.17) is 0 Å². The lowest BCUT2D eigenvalue weighted by molar-refractivity contribution is 0.102. The predicted octanol–water partition coefficient (Wildman–Crippen LogP) is 2.27. The lowest BCUT2D eigenvalue weighted by Crippen LogP contribution is -2.17. The van der Waals surface area contributed by atoms with Crippen LogP contribution < -0.4 is 5.32 Å². The first-order chi connectivity index (χ1) is 9.95. The number of carbonyl (C=O) groups excluding carboxylic acids is 1. The van der Waals surface area contributed by atoms with E-state index in [-0.39, 0.29) is 21.9 Å². The van der Waals surface area contributed by atoms with Crippen molar-refractivity contribution in [2.75, 3.05) is 11.1 Å². The molecule has 0 bridgehead atoms. The third-order valence-electron chi connectivity index (χ3n) is 2.85. The van der Waals surface area contributed by atoms with Gasteiger partial charge >= 0.3 is 0 Å². The number of anilines is 1. The van der Waals surface area contributed by atoms with Gasteiger partial charge in [0.15, 0.2) is 9.84 Å². The molecule has 0 radical (unpaired) electrons. The number of pyridine rings is 1. The molecule has 0 saturated carbocycles. The zero-order valence-corrected chi connectivity index (χ0v) is 12.0. The highest BCUT2D eigenvalue weighted by Gasteiger charge is 2.19. The molecular formula is C14H13FN2O3S. The molecule has 0 aliphatic carbocycles. The molecule has 1 amide bonds. The first-order valence-corrected chi connectivity index (χ1v) is 7.84. The van der Waals surface area contributed by atoms with Gasteiger partial charge in [0.05, 0.1) is 21.9 Å². The molecule has 0 atom stereocenters. The van der Waals surface area contributed by atoms with Crippen molar-refractivity contribution in [2.45, 2.75) is 11.8 Å². The Morgan fingerprint density at radius 3 is 2.62 bits per heavy atom. The number of nitrogens with one attached hydrogen (secondary N) is 1. The van der Waals surface area contributed by atoms with Crippen molar-refractivity contribution >= 4 is 21.4 Å². The van der Waals surface area contributed by atoms with Gasteiger partial charge in [-0.3, -0.25) is 4.79 Å². The molecular weight excluding hydrogens is 295 g/mol. The van der Waals surface area contributed by atoms with E-state index in [2.05, 4.69) is 10.3 Å². The van der Waals surface area contributed by atoms with Crippen LogP contribution in [0.2, 0.25) is 0 Å². The Morgan fingerprint density at radius 1 is 1.24 bits per heavy atom. The zero-order chi connectivity index (χ0) is 15.5. The van der Waals surface area contributed by atoms with Gasteiger partial charge in [0.1, 0.15) is 0 Å². The molecule has 0 aliphatic heterocycles. The van der Waals surface area contributed by atoms with Crippen molar-refractivity contribution in [1.29, 1.82) is 0 Å². The molecule has 0 fully saturated rings. The Balaban J connectivity index is 2.38. The molecule has 0 aliphatic rings. The Bertz CT molecular complexity index is 775. The topological polar surface area (TPSA) is 76.1 Å². The lowest BCUT2D eigenvalue weighted by atomic mass is 10.2. The summed E-state index contributed by atoms with van der Waals surface area (Å²) in [5.41, 5.74) is -0.131. The number of hydrogen-bond acceptors (Lipinski definition) is 4. The number of halogens is 1. The summed E-state index contributed by atoms with van der Waals surface area (Å²) in [6, 6.07) is 8.69. The van der Waals surface area contributed by atoms with Gasteiger partial charge in [0.2, 0.25) is 5.95 Å². The van der Waals surface area contributed by atoms with Gasteiger partial charge in [-0.15, -0.1) is 0 Å². The number of para-hydroxylation sites is 1. The number of hydrogen-bond donors (Lipinski definition) is 1. The highest BCUT2D eigenvalue weighted by atomic mass is 32.2. The largest absolute Gasteiger partial charge is 0.321 e. The van der Waals surface area contributed by atoms with E-state index in [1.165, 1.54) is 37.4 Å². The molecule has 0 unspecified atom stereocenters. The predicted molar refractivity (Wildman–Crippen MR) is 76.3 cm³/mol. The number of carbonyl (C=O) groups is 1. The van der Waals surface area contributed by atoms with Crippen molar-refractivity contribution in [3.05, 3.63) is 54.1 Å². The van der Waals surface area contributed by atoms with Gasteiger partial charge in [-0.1, -0.05) is 19.1 Å². The van der Waals surface area contributed by atoms with Gasteiger partial charge in [0, 0.05) is 6.20 Å². The first-order valence-electron chi connectivity index (χ1n) is 6.19. The molecule has 21 heavy (non-hydrogen) atoms. The molecule has 0 spiro atoms. The molecule has 2 aromatic rings. The van der Waals surface area contributed by atoms with Crippen LogP contribution in [0, 0.1) is 5.95 Å². The van der Waals surface area contributed by atoms with Crippen molar-refractivity contribution < 1.29 is 17.6 Å². The summed E-state index contributed by atoms with van der Waals surface area (Å²) in [5, 5.41) is 2.41. The highest BCUT2D eigenvalue weighted by molar-refractivity contribution is 7.91. The van der Waals surface area contributed by atoms with E-state index >= 15 is 0 Å². The average Bonchev–Trinajstić information content (AvgIpc) is 2.48. The van der Waals surface area contributed by atoms with Gasteiger partial charge in [-0.05, 0) is 24.3 Å². The van der Waals surface area contributed by atoms with Crippen LogP contribution in [0.15, 0.2) is 47.5 Å². The molecule has 2 rings (SSSR count). The van der Waals surface area contributed by atoms with Crippen molar-refractivity contribution in [3.8, 4) is 0 Å². The zero-order valence-electron chi connectivity index (χ0n) is 11.2. The standard InChI is InChI=1S/C14H13FN2O3S/c1-2-21(19,20)12-8-4-3-7-11(12)17-14(18)10-6-5-9-16-13(10)15/h3-9H,2H2,1H3,(H,17,18). The fourth-order valence-corrected chi connectivity index (χ4v) is 2.79. The van der Waals surface area contributed by atoms with Gasteiger partial charge < -0.3 is 5.32 Å². The van der Waals surface area contributed by atoms with Gasteiger partial charge in [0.25, 0.3) is 5.91 Å². The average molecular weight is 308 g/mol. The minimum absolute atomic E-state index is 0.00477. The number of rotatable bonds is 4. The van der Waals surface area contributed by atoms with E-state index in [1.807, 2.05) is 0 Å². The molecule has 1 aromatic carbocycles. The van der Waals surface area contributed by atoms with Crippen LogP contribution >= 0.6 is 0 Å². The number of sulfone groups is 1. The normalized spacial score (nSPS) is 11.1. The fourth-order valence-electron chi connectivity index (χ4n) is 1.74. The lowest BCUT2D eigenvalue weighted by Gasteiger charge is -2.10. The van der Waals surface area contributed by atoms with Crippen LogP contribution in [0.4, 0.5) is 10.1 Å². The van der Waals surface area contributed by atoms with Crippen LogP contribution in [0.25, 0.3) is 0 Å². The second-order valence-corrected chi connectivity index (χ2v) is 6.44. The second kappa shape index (κ2) is 6.01. The van der Waals surface area contributed by atoms with E-state index in [1.54, 1.807) is 12.1 Å². The minimum Gasteiger partial charge on any atom is -0.321 e. The third-order valence-corrected chi connectivity index (χ3v) is 4.64. The minimum atomic E-state index is -3.49. The summed E-state index contributed by atoms with van der Waals surface area (Å²) in [5.74, 6) is -1.76. The van der Waals surface area contributed by atoms with Crippen LogP contribution in [0.3, 0.4) is 0 Å². The quantitative estimate of drug-likeness (QED) is 0.879. The van der Waals surface area contributed by atoms with Crippen LogP contribution in [0.1, 0.15) is 17.3 Å². The van der Waals surface area contributed by atoms with Crippen molar-refractivity contribution in [3.63, 3.8) is 0 Å².